The number of anilines is 1. The van der Waals surface area contributed by atoms with Crippen LogP contribution in [-0.2, 0) is 0 Å². The van der Waals surface area contributed by atoms with E-state index in [9.17, 15) is 0 Å². The summed E-state index contributed by atoms with van der Waals surface area (Å²) in [4.78, 5) is 4.62. The fraction of sp³-hybridized carbons (Fsp3) is 0.357. The molecule has 0 saturated heterocycles. The first-order chi connectivity index (χ1) is 8.16. The molecule has 0 fully saturated rings. The normalized spacial score (nSPS) is 12.6. The molecule has 2 aromatic rings. The predicted molar refractivity (Wildman–Crippen MR) is 73.2 cm³/mol. The fourth-order valence-corrected chi connectivity index (χ4v) is 1.82. The molecule has 90 valence electrons. The summed E-state index contributed by atoms with van der Waals surface area (Å²) in [6.45, 7) is 4.96. The van der Waals surface area contributed by atoms with E-state index in [1.165, 1.54) is 10.9 Å². The van der Waals surface area contributed by atoms with Crippen molar-refractivity contribution in [3.63, 3.8) is 0 Å². The summed E-state index contributed by atoms with van der Waals surface area (Å²) in [7, 11) is 0. The molecule has 0 aliphatic carbocycles. The maximum absolute atomic E-state index is 5.72. The third kappa shape index (κ3) is 2.94. The van der Waals surface area contributed by atoms with Crippen LogP contribution in [0.25, 0.3) is 10.9 Å². The van der Waals surface area contributed by atoms with Crippen molar-refractivity contribution in [3.05, 3.63) is 35.9 Å². The molecule has 0 amide bonds. The van der Waals surface area contributed by atoms with E-state index in [1.807, 2.05) is 25.1 Å². The number of aromatic nitrogens is 1. The molecule has 2 rings (SSSR count). The smallest absolute Gasteiger partial charge is 0.129 e. The zero-order valence-corrected chi connectivity index (χ0v) is 10.4. The highest BCUT2D eigenvalue weighted by Gasteiger charge is 2.02. The second kappa shape index (κ2) is 5.15. The van der Waals surface area contributed by atoms with Crippen LogP contribution in [0.4, 0.5) is 5.82 Å². The largest absolute Gasteiger partial charge is 0.370 e. The lowest BCUT2D eigenvalue weighted by Crippen LogP contribution is -2.19. The molecule has 0 radical (unpaired) electrons. The summed E-state index contributed by atoms with van der Waals surface area (Å²) >= 11 is 0. The zero-order valence-electron chi connectivity index (χ0n) is 10.4. The Bertz CT molecular complexity index is 506. The lowest BCUT2D eigenvalue weighted by molar-refractivity contribution is 0.689. The predicted octanol–water partition coefficient (Wildman–Crippen LogP) is 2.69. The van der Waals surface area contributed by atoms with Crippen molar-refractivity contribution in [3.8, 4) is 0 Å². The maximum Gasteiger partial charge on any atom is 0.129 e. The molecule has 17 heavy (non-hydrogen) atoms. The standard InChI is InChI=1S/C14H19N3/c1-10-9-12-5-3-4-6-13(12)17-14(10)16-8-7-11(2)15/h3-6,9,11H,7-8,15H2,1-2H3,(H,16,17). The highest BCUT2D eigenvalue weighted by Crippen LogP contribution is 2.19. The molecule has 0 spiro atoms. The van der Waals surface area contributed by atoms with Crippen LogP contribution in [0.5, 0.6) is 0 Å². The van der Waals surface area contributed by atoms with Gasteiger partial charge in [0.2, 0.25) is 0 Å². The molecule has 1 aromatic carbocycles. The number of aryl methyl sites for hydroxylation is 1. The number of para-hydroxylation sites is 1. The first-order valence-corrected chi connectivity index (χ1v) is 6.02. The van der Waals surface area contributed by atoms with E-state index in [0.717, 1.165) is 24.3 Å². The van der Waals surface area contributed by atoms with E-state index in [-0.39, 0.29) is 6.04 Å². The number of hydrogen-bond acceptors (Lipinski definition) is 3. The molecule has 3 N–H and O–H groups in total. The van der Waals surface area contributed by atoms with E-state index in [1.54, 1.807) is 0 Å². The molecule has 1 atom stereocenters. The highest BCUT2D eigenvalue weighted by molar-refractivity contribution is 5.81. The van der Waals surface area contributed by atoms with Gasteiger partial charge in [-0.3, -0.25) is 0 Å². The van der Waals surface area contributed by atoms with Gasteiger partial charge in [-0.2, -0.15) is 0 Å². The van der Waals surface area contributed by atoms with Crippen molar-refractivity contribution in [1.29, 1.82) is 0 Å². The van der Waals surface area contributed by atoms with Gasteiger partial charge in [-0.25, -0.2) is 4.98 Å². The van der Waals surface area contributed by atoms with Gasteiger partial charge in [0.05, 0.1) is 5.52 Å². The van der Waals surface area contributed by atoms with E-state index in [4.69, 9.17) is 5.73 Å². The first-order valence-electron chi connectivity index (χ1n) is 6.02. The van der Waals surface area contributed by atoms with Crippen molar-refractivity contribution < 1.29 is 0 Å². The van der Waals surface area contributed by atoms with Gasteiger partial charge >= 0.3 is 0 Å². The third-order valence-corrected chi connectivity index (χ3v) is 2.81. The third-order valence-electron chi connectivity index (χ3n) is 2.81. The van der Waals surface area contributed by atoms with Crippen LogP contribution in [0.3, 0.4) is 0 Å². The molecule has 3 heteroatoms. The van der Waals surface area contributed by atoms with Crippen LogP contribution in [-0.4, -0.2) is 17.6 Å². The second-order valence-electron chi connectivity index (χ2n) is 4.54. The molecular weight excluding hydrogens is 210 g/mol. The molecule has 1 heterocycles. The second-order valence-corrected chi connectivity index (χ2v) is 4.54. The van der Waals surface area contributed by atoms with E-state index >= 15 is 0 Å². The van der Waals surface area contributed by atoms with Gasteiger partial charge in [0.25, 0.3) is 0 Å². The van der Waals surface area contributed by atoms with E-state index in [2.05, 4.69) is 29.4 Å². The van der Waals surface area contributed by atoms with Crippen LogP contribution < -0.4 is 11.1 Å². The summed E-state index contributed by atoms with van der Waals surface area (Å²) < 4.78 is 0. The summed E-state index contributed by atoms with van der Waals surface area (Å²) in [5, 5.41) is 4.53. The Morgan fingerprint density at radius 2 is 2.12 bits per heavy atom. The Labute approximate surface area is 102 Å². The first kappa shape index (κ1) is 11.9. The number of fused-ring (bicyclic) bond motifs is 1. The minimum absolute atomic E-state index is 0.225. The lowest BCUT2D eigenvalue weighted by Gasteiger charge is -2.11. The van der Waals surface area contributed by atoms with Crippen molar-refractivity contribution in [2.75, 3.05) is 11.9 Å². The average molecular weight is 229 g/mol. The Morgan fingerprint density at radius 1 is 1.35 bits per heavy atom. The average Bonchev–Trinajstić information content (AvgIpc) is 2.29. The topological polar surface area (TPSA) is 50.9 Å². The number of nitrogens with two attached hydrogens (primary N) is 1. The molecule has 3 nitrogen and oxygen atoms in total. The van der Waals surface area contributed by atoms with Crippen LogP contribution >= 0.6 is 0 Å². The van der Waals surface area contributed by atoms with Crippen molar-refractivity contribution >= 4 is 16.7 Å². The summed E-state index contributed by atoms with van der Waals surface area (Å²) in [6.07, 6.45) is 0.952. The minimum atomic E-state index is 0.225. The number of nitrogens with one attached hydrogen (secondary N) is 1. The summed E-state index contributed by atoms with van der Waals surface area (Å²) in [5.74, 6) is 0.962. The minimum Gasteiger partial charge on any atom is -0.370 e. The summed E-state index contributed by atoms with van der Waals surface area (Å²) in [6, 6.07) is 10.6. The molecule has 0 aliphatic rings. The van der Waals surface area contributed by atoms with Crippen LogP contribution in [0.2, 0.25) is 0 Å². The number of nitrogens with zero attached hydrogens (tertiary/aromatic N) is 1. The van der Waals surface area contributed by atoms with E-state index in [0.29, 0.717) is 0 Å². The van der Waals surface area contributed by atoms with Gasteiger partial charge in [-0.1, -0.05) is 18.2 Å². The molecule has 0 aliphatic heterocycles. The van der Waals surface area contributed by atoms with E-state index < -0.39 is 0 Å². The van der Waals surface area contributed by atoms with Crippen molar-refractivity contribution in [2.24, 2.45) is 5.73 Å². The number of benzene rings is 1. The van der Waals surface area contributed by atoms with Crippen LogP contribution in [0.1, 0.15) is 18.9 Å². The van der Waals surface area contributed by atoms with Gasteiger partial charge in [0, 0.05) is 18.0 Å². The SMILES string of the molecule is Cc1cc2ccccc2nc1NCCC(C)N. The molecule has 0 bridgehead atoms. The number of hydrogen-bond donors (Lipinski definition) is 2. The zero-order chi connectivity index (χ0) is 12.3. The monoisotopic (exact) mass is 229 g/mol. The Balaban J connectivity index is 2.19. The quantitative estimate of drug-likeness (QED) is 0.847. The van der Waals surface area contributed by atoms with Gasteiger partial charge in [-0.05, 0) is 38.0 Å². The van der Waals surface area contributed by atoms with Crippen molar-refractivity contribution in [1.82, 2.24) is 4.98 Å². The van der Waals surface area contributed by atoms with Crippen molar-refractivity contribution in [2.45, 2.75) is 26.3 Å². The van der Waals surface area contributed by atoms with Crippen LogP contribution in [0.15, 0.2) is 30.3 Å². The van der Waals surface area contributed by atoms with Gasteiger partial charge < -0.3 is 11.1 Å². The summed E-state index contributed by atoms with van der Waals surface area (Å²) in [5.41, 5.74) is 7.93. The Kier molecular flexibility index (Phi) is 3.59. The molecule has 1 aromatic heterocycles. The fourth-order valence-electron chi connectivity index (χ4n) is 1.82. The van der Waals surface area contributed by atoms with Gasteiger partial charge in [0.15, 0.2) is 0 Å². The van der Waals surface area contributed by atoms with Gasteiger partial charge in [-0.15, -0.1) is 0 Å². The molecule has 0 saturated carbocycles. The highest BCUT2D eigenvalue weighted by atomic mass is 15.0. The molecule has 1 unspecified atom stereocenters. The Morgan fingerprint density at radius 3 is 2.88 bits per heavy atom. The number of pyridine rings is 1. The Hall–Kier alpha value is -1.61. The lowest BCUT2D eigenvalue weighted by atomic mass is 10.1. The van der Waals surface area contributed by atoms with Crippen LogP contribution in [0, 0.1) is 6.92 Å². The molecular formula is C14H19N3. The van der Waals surface area contributed by atoms with Gasteiger partial charge in [0.1, 0.15) is 5.82 Å². The number of rotatable bonds is 4. The maximum atomic E-state index is 5.72.